The zero-order chi connectivity index (χ0) is 14.9. The van der Waals surface area contributed by atoms with Crippen LogP contribution >= 0.6 is 11.3 Å². The Kier molecular flexibility index (Phi) is 4.42. The van der Waals surface area contributed by atoms with Crippen molar-refractivity contribution in [2.75, 3.05) is 0 Å². The van der Waals surface area contributed by atoms with Gasteiger partial charge in [0.2, 0.25) is 11.8 Å². The summed E-state index contributed by atoms with van der Waals surface area (Å²) in [7, 11) is 0. The molecule has 2 amide bonds. The second-order valence-electron chi connectivity index (χ2n) is 5.24. The van der Waals surface area contributed by atoms with Gasteiger partial charge in [-0.3, -0.25) is 9.59 Å². The molecule has 0 spiro atoms. The topological polar surface area (TPSA) is 62.3 Å². The Morgan fingerprint density at radius 1 is 1.35 bits per heavy atom. The van der Waals surface area contributed by atoms with Crippen LogP contribution < -0.4 is 5.32 Å². The molecule has 20 heavy (non-hydrogen) atoms. The SMILES string of the molecule is CCCC1NC(=O)C(C)N(Cc2nc(C)c(C)s2)C1=O. The minimum atomic E-state index is -0.430. The van der Waals surface area contributed by atoms with Crippen molar-refractivity contribution >= 4 is 23.2 Å². The lowest BCUT2D eigenvalue weighted by molar-refractivity contribution is -0.149. The molecule has 5 nitrogen and oxygen atoms in total. The van der Waals surface area contributed by atoms with Gasteiger partial charge in [-0.15, -0.1) is 11.3 Å². The van der Waals surface area contributed by atoms with Crippen LogP contribution in [-0.4, -0.2) is 33.8 Å². The highest BCUT2D eigenvalue weighted by molar-refractivity contribution is 7.11. The predicted octanol–water partition coefficient (Wildman–Crippen LogP) is 1.78. The smallest absolute Gasteiger partial charge is 0.246 e. The van der Waals surface area contributed by atoms with Gasteiger partial charge in [0, 0.05) is 4.88 Å². The quantitative estimate of drug-likeness (QED) is 0.921. The molecule has 1 fully saturated rings. The maximum atomic E-state index is 12.5. The third kappa shape index (κ3) is 2.85. The fourth-order valence-corrected chi connectivity index (χ4v) is 3.27. The van der Waals surface area contributed by atoms with Gasteiger partial charge in [-0.05, 0) is 27.2 Å². The Morgan fingerprint density at radius 3 is 2.60 bits per heavy atom. The predicted molar refractivity (Wildman–Crippen MR) is 78.4 cm³/mol. The molecule has 1 saturated heterocycles. The van der Waals surface area contributed by atoms with Crippen LogP contribution in [0.4, 0.5) is 0 Å². The van der Waals surface area contributed by atoms with E-state index in [4.69, 9.17) is 0 Å². The van der Waals surface area contributed by atoms with Crippen LogP contribution in [0.25, 0.3) is 0 Å². The average molecular weight is 295 g/mol. The van der Waals surface area contributed by atoms with Crippen molar-refractivity contribution in [2.24, 2.45) is 0 Å². The fourth-order valence-electron chi connectivity index (χ4n) is 2.34. The van der Waals surface area contributed by atoms with Crippen LogP contribution in [0.5, 0.6) is 0 Å². The van der Waals surface area contributed by atoms with Crippen LogP contribution in [-0.2, 0) is 16.1 Å². The molecule has 6 heteroatoms. The summed E-state index contributed by atoms with van der Waals surface area (Å²) in [5.74, 6) is -0.0718. The molecule has 0 saturated carbocycles. The van der Waals surface area contributed by atoms with Crippen LogP contribution in [0.3, 0.4) is 0 Å². The molecule has 110 valence electrons. The Balaban J connectivity index is 2.18. The zero-order valence-electron chi connectivity index (χ0n) is 12.4. The highest BCUT2D eigenvalue weighted by atomic mass is 32.1. The number of amides is 2. The van der Waals surface area contributed by atoms with Crippen LogP contribution in [0, 0.1) is 13.8 Å². The van der Waals surface area contributed by atoms with E-state index in [1.165, 1.54) is 0 Å². The van der Waals surface area contributed by atoms with Gasteiger partial charge in [0.25, 0.3) is 0 Å². The number of aromatic nitrogens is 1. The number of nitrogens with one attached hydrogen (secondary N) is 1. The number of hydrogen-bond donors (Lipinski definition) is 1. The summed E-state index contributed by atoms with van der Waals surface area (Å²) in [6.07, 6.45) is 1.55. The van der Waals surface area contributed by atoms with E-state index in [1.54, 1.807) is 23.2 Å². The van der Waals surface area contributed by atoms with E-state index in [0.29, 0.717) is 13.0 Å². The first-order valence-electron chi connectivity index (χ1n) is 6.97. The number of rotatable bonds is 4. The molecule has 1 N–H and O–H groups in total. The molecule has 2 rings (SSSR count). The summed E-state index contributed by atoms with van der Waals surface area (Å²) in [6.45, 7) is 8.18. The minimum absolute atomic E-state index is 0.00413. The van der Waals surface area contributed by atoms with Gasteiger partial charge >= 0.3 is 0 Å². The minimum Gasteiger partial charge on any atom is -0.343 e. The Bertz CT molecular complexity index is 507. The summed E-state index contributed by atoms with van der Waals surface area (Å²) in [5.41, 5.74) is 0.997. The van der Waals surface area contributed by atoms with Crippen LogP contribution in [0.15, 0.2) is 0 Å². The second kappa shape index (κ2) is 5.91. The normalized spacial score (nSPS) is 23.1. The first kappa shape index (κ1) is 15.0. The summed E-state index contributed by atoms with van der Waals surface area (Å²) < 4.78 is 0. The maximum Gasteiger partial charge on any atom is 0.246 e. The fraction of sp³-hybridized carbons (Fsp3) is 0.643. The lowest BCUT2D eigenvalue weighted by Gasteiger charge is -2.36. The van der Waals surface area contributed by atoms with E-state index in [0.717, 1.165) is 22.0 Å². The zero-order valence-corrected chi connectivity index (χ0v) is 13.2. The largest absolute Gasteiger partial charge is 0.343 e. The van der Waals surface area contributed by atoms with Crippen molar-refractivity contribution in [3.8, 4) is 0 Å². The molecule has 2 unspecified atom stereocenters. The molecule has 1 aromatic rings. The first-order chi connectivity index (χ1) is 9.43. The van der Waals surface area contributed by atoms with Crippen molar-refractivity contribution in [2.45, 2.75) is 59.2 Å². The van der Waals surface area contributed by atoms with Gasteiger partial charge in [0.1, 0.15) is 17.1 Å². The molecular formula is C14H21N3O2S. The number of thiazole rings is 1. The Labute approximate surface area is 123 Å². The molecule has 0 aliphatic carbocycles. The number of carbonyl (C=O) groups excluding carboxylic acids is 2. The number of carbonyl (C=O) groups is 2. The lowest BCUT2D eigenvalue weighted by atomic mass is 10.0. The molecular weight excluding hydrogens is 274 g/mol. The van der Waals surface area contributed by atoms with Gasteiger partial charge in [0.05, 0.1) is 12.2 Å². The molecule has 0 bridgehead atoms. The summed E-state index contributed by atoms with van der Waals surface area (Å²) in [4.78, 5) is 31.7. The molecule has 0 aromatic carbocycles. The molecule has 1 aliphatic rings. The van der Waals surface area contributed by atoms with Gasteiger partial charge in [-0.25, -0.2) is 4.98 Å². The summed E-state index contributed by atoms with van der Waals surface area (Å²) >= 11 is 1.59. The number of aryl methyl sites for hydroxylation is 2. The molecule has 2 atom stereocenters. The van der Waals surface area contributed by atoms with Crippen molar-refractivity contribution in [1.82, 2.24) is 15.2 Å². The molecule has 1 aliphatic heterocycles. The van der Waals surface area contributed by atoms with Crippen LogP contribution in [0.1, 0.15) is 42.3 Å². The Hall–Kier alpha value is -1.43. The van der Waals surface area contributed by atoms with Crippen molar-refractivity contribution in [1.29, 1.82) is 0 Å². The van der Waals surface area contributed by atoms with E-state index in [9.17, 15) is 9.59 Å². The van der Waals surface area contributed by atoms with Gasteiger partial charge in [-0.1, -0.05) is 13.3 Å². The van der Waals surface area contributed by atoms with E-state index in [1.807, 2.05) is 20.8 Å². The van der Waals surface area contributed by atoms with E-state index < -0.39 is 6.04 Å². The monoisotopic (exact) mass is 295 g/mol. The molecule has 0 radical (unpaired) electrons. The van der Waals surface area contributed by atoms with Crippen LogP contribution in [0.2, 0.25) is 0 Å². The summed E-state index contributed by atoms with van der Waals surface area (Å²) in [5, 5.41) is 3.70. The third-order valence-corrected chi connectivity index (χ3v) is 4.76. The van der Waals surface area contributed by atoms with Gasteiger partial charge < -0.3 is 10.2 Å². The number of nitrogens with zero attached hydrogens (tertiary/aromatic N) is 2. The first-order valence-corrected chi connectivity index (χ1v) is 7.79. The standard InChI is InChI=1S/C14H21N3O2S/c1-5-6-11-14(19)17(9(3)13(18)16-11)7-12-15-8(2)10(4)20-12/h9,11H,5-7H2,1-4H3,(H,16,18). The molecule has 1 aromatic heterocycles. The second-order valence-corrected chi connectivity index (χ2v) is 6.53. The van der Waals surface area contributed by atoms with Gasteiger partial charge in [0.15, 0.2) is 0 Å². The lowest BCUT2D eigenvalue weighted by Crippen LogP contribution is -2.61. The Morgan fingerprint density at radius 2 is 2.05 bits per heavy atom. The van der Waals surface area contributed by atoms with Crippen molar-refractivity contribution in [3.63, 3.8) is 0 Å². The van der Waals surface area contributed by atoms with E-state index in [-0.39, 0.29) is 17.9 Å². The van der Waals surface area contributed by atoms with Gasteiger partial charge in [-0.2, -0.15) is 0 Å². The molecule has 2 heterocycles. The maximum absolute atomic E-state index is 12.5. The van der Waals surface area contributed by atoms with Crippen molar-refractivity contribution < 1.29 is 9.59 Å². The number of piperazine rings is 1. The average Bonchev–Trinajstić information content (AvgIpc) is 2.71. The van der Waals surface area contributed by atoms with E-state index >= 15 is 0 Å². The highest BCUT2D eigenvalue weighted by Gasteiger charge is 2.37. The number of hydrogen-bond acceptors (Lipinski definition) is 4. The van der Waals surface area contributed by atoms with E-state index in [2.05, 4.69) is 10.3 Å². The summed E-state index contributed by atoms with van der Waals surface area (Å²) in [6, 6.07) is -0.814. The highest BCUT2D eigenvalue weighted by Crippen LogP contribution is 2.21. The van der Waals surface area contributed by atoms with Crippen molar-refractivity contribution in [3.05, 3.63) is 15.6 Å². The third-order valence-electron chi connectivity index (χ3n) is 3.70.